The lowest BCUT2D eigenvalue weighted by atomic mass is 10.1. The first-order valence-corrected chi connectivity index (χ1v) is 5.16. The number of hydrogen-bond donors (Lipinski definition) is 0. The molecule has 0 bridgehead atoms. The van der Waals surface area contributed by atoms with Gasteiger partial charge in [0, 0.05) is 25.2 Å². The van der Waals surface area contributed by atoms with Crippen molar-refractivity contribution in [1.82, 2.24) is 4.90 Å². The standard InChI is InChI=1S/C11H13N3O4/c1-3-4-12(2)8-9-5-10(13(15)16)7-11(6-9)14(17)18/h3,5-7H,1,4,8H2,2H3. The number of hydrogen-bond acceptors (Lipinski definition) is 5. The number of nitro benzene ring substituents is 2. The van der Waals surface area contributed by atoms with Gasteiger partial charge in [-0.2, -0.15) is 0 Å². The summed E-state index contributed by atoms with van der Waals surface area (Å²) in [6.45, 7) is 4.55. The van der Waals surface area contributed by atoms with E-state index in [0.29, 0.717) is 18.7 Å². The predicted octanol–water partition coefficient (Wildman–Crippen LogP) is 2.12. The first-order chi connectivity index (χ1) is 8.43. The van der Waals surface area contributed by atoms with Gasteiger partial charge in [-0.05, 0) is 12.6 Å². The van der Waals surface area contributed by atoms with Crippen LogP contribution in [-0.4, -0.2) is 28.3 Å². The van der Waals surface area contributed by atoms with Crippen molar-refractivity contribution < 1.29 is 9.85 Å². The Hall–Kier alpha value is -2.28. The number of nitro groups is 2. The summed E-state index contributed by atoms with van der Waals surface area (Å²) in [5.41, 5.74) is -0.0161. The predicted molar refractivity (Wildman–Crippen MR) is 66.3 cm³/mol. The Morgan fingerprint density at radius 1 is 1.22 bits per heavy atom. The van der Waals surface area contributed by atoms with Gasteiger partial charge in [0.15, 0.2) is 0 Å². The molecule has 0 heterocycles. The van der Waals surface area contributed by atoms with Crippen LogP contribution in [0.2, 0.25) is 0 Å². The lowest BCUT2D eigenvalue weighted by Gasteiger charge is -2.13. The van der Waals surface area contributed by atoms with Crippen LogP contribution in [0, 0.1) is 20.2 Å². The van der Waals surface area contributed by atoms with E-state index in [-0.39, 0.29) is 11.4 Å². The topological polar surface area (TPSA) is 89.5 Å². The maximum Gasteiger partial charge on any atom is 0.276 e. The molecule has 0 aliphatic rings. The van der Waals surface area contributed by atoms with Crippen LogP contribution in [0.25, 0.3) is 0 Å². The molecule has 0 saturated heterocycles. The number of likely N-dealkylation sites (N-methyl/N-ethyl adjacent to an activating group) is 1. The molecule has 96 valence electrons. The minimum Gasteiger partial charge on any atom is -0.298 e. The second-order valence-corrected chi connectivity index (χ2v) is 3.86. The molecule has 7 nitrogen and oxygen atoms in total. The minimum absolute atomic E-state index is 0.272. The summed E-state index contributed by atoms with van der Waals surface area (Å²) < 4.78 is 0. The summed E-state index contributed by atoms with van der Waals surface area (Å²) in [7, 11) is 1.80. The third kappa shape index (κ3) is 3.63. The van der Waals surface area contributed by atoms with Crippen molar-refractivity contribution in [2.24, 2.45) is 0 Å². The summed E-state index contributed by atoms with van der Waals surface area (Å²) in [6.07, 6.45) is 1.69. The molecular formula is C11H13N3O4. The summed E-state index contributed by atoms with van der Waals surface area (Å²) in [6, 6.07) is 3.64. The number of non-ortho nitro benzene ring substituents is 2. The number of rotatable bonds is 6. The van der Waals surface area contributed by atoms with Crippen molar-refractivity contribution in [3.05, 3.63) is 56.6 Å². The highest BCUT2D eigenvalue weighted by atomic mass is 16.6. The molecule has 1 aromatic carbocycles. The quantitative estimate of drug-likeness (QED) is 0.439. The van der Waals surface area contributed by atoms with E-state index < -0.39 is 9.85 Å². The largest absolute Gasteiger partial charge is 0.298 e. The molecule has 0 spiro atoms. The molecule has 0 atom stereocenters. The zero-order valence-electron chi connectivity index (χ0n) is 9.91. The van der Waals surface area contributed by atoms with Crippen molar-refractivity contribution in [1.29, 1.82) is 0 Å². The van der Waals surface area contributed by atoms with Crippen LogP contribution in [-0.2, 0) is 6.54 Å². The van der Waals surface area contributed by atoms with E-state index in [1.807, 2.05) is 4.90 Å². The van der Waals surface area contributed by atoms with Crippen molar-refractivity contribution in [3.63, 3.8) is 0 Å². The maximum atomic E-state index is 10.7. The number of nitrogens with zero attached hydrogens (tertiary/aromatic N) is 3. The average molecular weight is 251 g/mol. The van der Waals surface area contributed by atoms with E-state index in [4.69, 9.17) is 0 Å². The molecule has 0 fully saturated rings. The normalized spacial score (nSPS) is 10.3. The van der Waals surface area contributed by atoms with Crippen LogP contribution in [0.1, 0.15) is 5.56 Å². The van der Waals surface area contributed by atoms with E-state index in [2.05, 4.69) is 6.58 Å². The molecule has 0 amide bonds. The van der Waals surface area contributed by atoms with Crippen LogP contribution in [0.4, 0.5) is 11.4 Å². The molecule has 0 radical (unpaired) electrons. The van der Waals surface area contributed by atoms with Gasteiger partial charge in [0.05, 0.1) is 15.9 Å². The molecule has 1 rings (SSSR count). The Bertz CT molecular complexity index is 455. The molecular weight excluding hydrogens is 238 g/mol. The third-order valence-corrected chi connectivity index (χ3v) is 2.28. The Labute approximate surface area is 104 Å². The molecule has 0 saturated carbocycles. The van der Waals surface area contributed by atoms with Crippen molar-refractivity contribution in [3.8, 4) is 0 Å². The van der Waals surface area contributed by atoms with Gasteiger partial charge in [0.25, 0.3) is 11.4 Å². The fourth-order valence-electron chi connectivity index (χ4n) is 1.56. The van der Waals surface area contributed by atoms with Gasteiger partial charge in [0.2, 0.25) is 0 Å². The van der Waals surface area contributed by atoms with Gasteiger partial charge < -0.3 is 0 Å². The fourth-order valence-corrected chi connectivity index (χ4v) is 1.56. The molecule has 0 aromatic heterocycles. The second kappa shape index (κ2) is 5.87. The molecule has 0 N–H and O–H groups in total. The Morgan fingerprint density at radius 2 is 1.72 bits per heavy atom. The molecule has 0 aliphatic heterocycles. The van der Waals surface area contributed by atoms with Crippen LogP contribution in [0.3, 0.4) is 0 Å². The van der Waals surface area contributed by atoms with E-state index in [0.717, 1.165) is 6.07 Å². The van der Waals surface area contributed by atoms with E-state index in [1.165, 1.54) is 12.1 Å². The average Bonchev–Trinajstić information content (AvgIpc) is 2.28. The SMILES string of the molecule is C=CCN(C)Cc1cc([N+](=O)[O-])cc([N+](=O)[O-])c1. The first kappa shape index (κ1) is 13.8. The van der Waals surface area contributed by atoms with Gasteiger partial charge in [-0.3, -0.25) is 25.1 Å². The van der Waals surface area contributed by atoms with Crippen LogP contribution in [0.15, 0.2) is 30.9 Å². The zero-order chi connectivity index (χ0) is 13.7. The van der Waals surface area contributed by atoms with Crippen LogP contribution >= 0.6 is 0 Å². The van der Waals surface area contributed by atoms with Gasteiger partial charge in [-0.25, -0.2) is 0 Å². The van der Waals surface area contributed by atoms with Gasteiger partial charge >= 0.3 is 0 Å². The lowest BCUT2D eigenvalue weighted by molar-refractivity contribution is -0.394. The van der Waals surface area contributed by atoms with Gasteiger partial charge in [-0.15, -0.1) is 6.58 Å². The fraction of sp³-hybridized carbons (Fsp3) is 0.273. The van der Waals surface area contributed by atoms with E-state index in [9.17, 15) is 20.2 Å². The Kier molecular flexibility index (Phi) is 4.50. The zero-order valence-corrected chi connectivity index (χ0v) is 9.91. The summed E-state index contributed by atoms with van der Waals surface area (Å²) in [4.78, 5) is 22.0. The lowest BCUT2D eigenvalue weighted by Crippen LogP contribution is -2.17. The van der Waals surface area contributed by atoms with Crippen molar-refractivity contribution in [2.75, 3.05) is 13.6 Å². The van der Waals surface area contributed by atoms with E-state index >= 15 is 0 Å². The highest BCUT2D eigenvalue weighted by Crippen LogP contribution is 2.23. The highest BCUT2D eigenvalue weighted by molar-refractivity contribution is 5.46. The summed E-state index contributed by atoms with van der Waals surface area (Å²) >= 11 is 0. The van der Waals surface area contributed by atoms with Crippen LogP contribution < -0.4 is 0 Å². The summed E-state index contributed by atoms with van der Waals surface area (Å²) in [5, 5.41) is 21.4. The molecule has 0 aliphatic carbocycles. The minimum atomic E-state index is -0.635. The summed E-state index contributed by atoms with van der Waals surface area (Å²) in [5.74, 6) is 0. The van der Waals surface area contributed by atoms with Crippen molar-refractivity contribution in [2.45, 2.75) is 6.54 Å². The number of benzene rings is 1. The van der Waals surface area contributed by atoms with Gasteiger partial charge in [-0.1, -0.05) is 6.08 Å². The van der Waals surface area contributed by atoms with Crippen molar-refractivity contribution >= 4 is 11.4 Å². The maximum absolute atomic E-state index is 10.7. The van der Waals surface area contributed by atoms with E-state index in [1.54, 1.807) is 13.1 Å². The highest BCUT2D eigenvalue weighted by Gasteiger charge is 2.16. The van der Waals surface area contributed by atoms with Gasteiger partial charge in [0.1, 0.15) is 0 Å². The first-order valence-electron chi connectivity index (χ1n) is 5.16. The smallest absolute Gasteiger partial charge is 0.276 e. The monoisotopic (exact) mass is 251 g/mol. The molecule has 7 heteroatoms. The molecule has 0 unspecified atom stereocenters. The third-order valence-electron chi connectivity index (χ3n) is 2.28. The molecule has 18 heavy (non-hydrogen) atoms. The van der Waals surface area contributed by atoms with Crippen LogP contribution in [0.5, 0.6) is 0 Å². The Morgan fingerprint density at radius 3 is 2.11 bits per heavy atom. The Balaban J connectivity index is 3.06. The molecule has 1 aromatic rings. The second-order valence-electron chi connectivity index (χ2n) is 3.86.